The first-order valence-corrected chi connectivity index (χ1v) is 7.49. The summed E-state index contributed by atoms with van der Waals surface area (Å²) < 4.78 is 0. The van der Waals surface area contributed by atoms with Gasteiger partial charge >= 0.3 is 0 Å². The van der Waals surface area contributed by atoms with Gasteiger partial charge in [0.25, 0.3) is 0 Å². The molecule has 0 aliphatic rings. The van der Waals surface area contributed by atoms with Crippen molar-refractivity contribution in [3.8, 4) is 0 Å². The summed E-state index contributed by atoms with van der Waals surface area (Å²) in [7, 11) is 0. The Morgan fingerprint density at radius 1 is 1.00 bits per heavy atom. The summed E-state index contributed by atoms with van der Waals surface area (Å²) in [4.78, 5) is 0. The van der Waals surface area contributed by atoms with Crippen LogP contribution in [0, 0.1) is 5.92 Å². The molecule has 0 aliphatic carbocycles. The van der Waals surface area contributed by atoms with Crippen molar-refractivity contribution in [2.45, 2.75) is 39.5 Å². The Morgan fingerprint density at radius 2 is 1.63 bits per heavy atom. The third-order valence-electron chi connectivity index (χ3n) is 3.38. The molecule has 0 spiro atoms. The van der Waals surface area contributed by atoms with E-state index in [-0.39, 0.29) is 5.41 Å². The van der Waals surface area contributed by atoms with Crippen LogP contribution in [0.15, 0.2) is 30.3 Å². The Hall–Kier alpha value is -0.860. The Bertz CT molecular complexity index is 330. The zero-order valence-electron chi connectivity index (χ0n) is 13.0. The monoisotopic (exact) mass is 262 g/mol. The van der Waals surface area contributed by atoms with Crippen molar-refractivity contribution in [1.82, 2.24) is 10.6 Å². The van der Waals surface area contributed by atoms with E-state index in [9.17, 15) is 0 Å². The normalized spacial score (nSPS) is 12.1. The van der Waals surface area contributed by atoms with Gasteiger partial charge in [0.1, 0.15) is 0 Å². The van der Waals surface area contributed by atoms with Gasteiger partial charge in [-0.05, 0) is 37.5 Å². The van der Waals surface area contributed by atoms with Crippen LogP contribution in [0.3, 0.4) is 0 Å². The second-order valence-corrected chi connectivity index (χ2v) is 6.38. The van der Waals surface area contributed by atoms with Crippen molar-refractivity contribution in [2.24, 2.45) is 5.92 Å². The van der Waals surface area contributed by atoms with Gasteiger partial charge in [-0.25, -0.2) is 0 Å². The topological polar surface area (TPSA) is 24.1 Å². The quantitative estimate of drug-likeness (QED) is 0.668. The van der Waals surface area contributed by atoms with Gasteiger partial charge in [-0.3, -0.25) is 0 Å². The van der Waals surface area contributed by atoms with Crippen LogP contribution in [-0.2, 0) is 5.41 Å². The number of benzene rings is 1. The lowest BCUT2D eigenvalue weighted by Crippen LogP contribution is -2.34. The summed E-state index contributed by atoms with van der Waals surface area (Å²) in [6.45, 7) is 13.4. The number of hydrogen-bond donors (Lipinski definition) is 2. The van der Waals surface area contributed by atoms with Gasteiger partial charge in [-0.2, -0.15) is 0 Å². The summed E-state index contributed by atoms with van der Waals surface area (Å²) in [6, 6.07) is 10.7. The van der Waals surface area contributed by atoms with Crippen LogP contribution in [0.25, 0.3) is 0 Å². The van der Waals surface area contributed by atoms with Crippen LogP contribution in [0.1, 0.15) is 39.7 Å². The molecule has 2 heteroatoms. The lowest BCUT2D eigenvalue weighted by atomic mass is 9.84. The van der Waals surface area contributed by atoms with E-state index in [1.807, 2.05) is 0 Å². The van der Waals surface area contributed by atoms with Crippen LogP contribution in [-0.4, -0.2) is 26.2 Å². The highest BCUT2D eigenvalue weighted by atomic mass is 14.9. The number of hydrogen-bond acceptors (Lipinski definition) is 2. The van der Waals surface area contributed by atoms with Crippen LogP contribution < -0.4 is 10.6 Å². The van der Waals surface area contributed by atoms with Gasteiger partial charge in [-0.15, -0.1) is 0 Å². The van der Waals surface area contributed by atoms with E-state index in [0.29, 0.717) is 0 Å². The Morgan fingerprint density at radius 3 is 2.26 bits per heavy atom. The zero-order valence-corrected chi connectivity index (χ0v) is 13.0. The highest BCUT2D eigenvalue weighted by Gasteiger charge is 2.19. The molecule has 1 aromatic rings. The zero-order chi connectivity index (χ0) is 14.1. The molecule has 0 atom stereocenters. The summed E-state index contributed by atoms with van der Waals surface area (Å²) in [5.74, 6) is 0.741. The van der Waals surface area contributed by atoms with Crippen molar-refractivity contribution >= 4 is 0 Å². The SMILES string of the molecule is CC(C)CNCCCNCC(C)(C)c1ccccc1. The van der Waals surface area contributed by atoms with Crippen molar-refractivity contribution in [3.63, 3.8) is 0 Å². The van der Waals surface area contributed by atoms with E-state index >= 15 is 0 Å². The molecule has 0 radical (unpaired) electrons. The minimum atomic E-state index is 0.201. The first-order valence-electron chi connectivity index (χ1n) is 7.49. The van der Waals surface area contributed by atoms with E-state index < -0.39 is 0 Å². The van der Waals surface area contributed by atoms with E-state index in [0.717, 1.165) is 32.1 Å². The molecule has 0 aromatic heterocycles. The predicted molar refractivity (Wildman–Crippen MR) is 84.7 cm³/mol. The summed E-state index contributed by atoms with van der Waals surface area (Å²) in [5.41, 5.74) is 1.60. The molecule has 2 nitrogen and oxygen atoms in total. The van der Waals surface area contributed by atoms with Crippen molar-refractivity contribution < 1.29 is 0 Å². The lowest BCUT2D eigenvalue weighted by molar-refractivity contribution is 0.458. The number of nitrogens with one attached hydrogen (secondary N) is 2. The minimum absolute atomic E-state index is 0.201. The number of rotatable bonds is 9. The van der Waals surface area contributed by atoms with Gasteiger partial charge in [0.2, 0.25) is 0 Å². The highest BCUT2D eigenvalue weighted by Crippen LogP contribution is 2.21. The molecular weight excluding hydrogens is 232 g/mol. The maximum atomic E-state index is 3.57. The lowest BCUT2D eigenvalue weighted by Gasteiger charge is -2.25. The van der Waals surface area contributed by atoms with E-state index in [4.69, 9.17) is 0 Å². The molecule has 0 bridgehead atoms. The summed E-state index contributed by atoms with van der Waals surface area (Å²) in [6.07, 6.45) is 1.19. The van der Waals surface area contributed by atoms with Crippen LogP contribution >= 0.6 is 0 Å². The molecule has 1 aromatic carbocycles. The molecule has 0 fully saturated rings. The molecule has 0 amide bonds. The van der Waals surface area contributed by atoms with Crippen molar-refractivity contribution in [3.05, 3.63) is 35.9 Å². The Kier molecular flexibility index (Phi) is 7.11. The van der Waals surface area contributed by atoms with Crippen molar-refractivity contribution in [2.75, 3.05) is 26.2 Å². The maximum Gasteiger partial charge on any atom is 0.00431 e. The molecule has 108 valence electrons. The highest BCUT2D eigenvalue weighted by molar-refractivity contribution is 5.23. The van der Waals surface area contributed by atoms with Gasteiger partial charge in [0.05, 0.1) is 0 Å². The molecule has 0 saturated carbocycles. The molecule has 2 N–H and O–H groups in total. The molecule has 0 unspecified atom stereocenters. The summed E-state index contributed by atoms with van der Waals surface area (Å²) >= 11 is 0. The van der Waals surface area contributed by atoms with Crippen LogP contribution in [0.2, 0.25) is 0 Å². The smallest absolute Gasteiger partial charge is 0.00431 e. The molecule has 0 heterocycles. The average Bonchev–Trinajstić information content (AvgIpc) is 2.38. The summed E-state index contributed by atoms with van der Waals surface area (Å²) in [5, 5.41) is 7.05. The van der Waals surface area contributed by atoms with Crippen molar-refractivity contribution in [1.29, 1.82) is 0 Å². The van der Waals surface area contributed by atoms with Crippen LogP contribution in [0.4, 0.5) is 0 Å². The fourth-order valence-electron chi connectivity index (χ4n) is 2.12. The van der Waals surface area contributed by atoms with Gasteiger partial charge in [0.15, 0.2) is 0 Å². The Balaban J connectivity index is 2.15. The first-order chi connectivity index (χ1) is 9.02. The predicted octanol–water partition coefficient (Wildman–Crippen LogP) is 3.19. The van der Waals surface area contributed by atoms with E-state index in [1.165, 1.54) is 12.0 Å². The maximum absolute atomic E-state index is 3.57. The Labute approximate surface area is 119 Å². The second-order valence-electron chi connectivity index (χ2n) is 6.38. The average molecular weight is 262 g/mol. The van der Waals surface area contributed by atoms with Crippen LogP contribution in [0.5, 0.6) is 0 Å². The van der Waals surface area contributed by atoms with Gasteiger partial charge < -0.3 is 10.6 Å². The fraction of sp³-hybridized carbons (Fsp3) is 0.647. The molecule has 0 saturated heterocycles. The molecule has 1 rings (SSSR count). The first kappa shape index (κ1) is 16.2. The van der Waals surface area contributed by atoms with Gasteiger partial charge in [0, 0.05) is 12.0 Å². The standard InChI is InChI=1S/C17H30N2/c1-15(2)13-18-11-8-12-19-14-17(3,4)16-9-6-5-7-10-16/h5-7,9-10,15,18-19H,8,11-14H2,1-4H3. The third-order valence-corrected chi connectivity index (χ3v) is 3.38. The fourth-order valence-corrected chi connectivity index (χ4v) is 2.12. The molecule has 0 aliphatic heterocycles. The second kappa shape index (κ2) is 8.34. The molecule has 19 heavy (non-hydrogen) atoms. The minimum Gasteiger partial charge on any atom is -0.316 e. The molecular formula is C17H30N2. The third kappa shape index (κ3) is 6.74. The van der Waals surface area contributed by atoms with E-state index in [1.54, 1.807) is 0 Å². The van der Waals surface area contributed by atoms with E-state index in [2.05, 4.69) is 68.7 Å². The largest absolute Gasteiger partial charge is 0.316 e. The van der Waals surface area contributed by atoms with Gasteiger partial charge in [-0.1, -0.05) is 58.0 Å².